The van der Waals surface area contributed by atoms with E-state index >= 15 is 0 Å². The van der Waals surface area contributed by atoms with Crippen molar-refractivity contribution in [3.05, 3.63) is 36.2 Å². The zero-order valence-electron chi connectivity index (χ0n) is 17.1. The maximum atomic E-state index is 11.9. The first-order valence-corrected chi connectivity index (χ1v) is 10.3. The maximum Gasteiger partial charge on any atom is 0.264 e. The SMILES string of the molecule is CCCCN(CCCC)CCCNC1=CC(=O)NN(Nc2ccc(N)cc2)N1. The number of nitrogen functional groups attached to an aromatic ring is 1. The molecule has 2 rings (SSSR count). The number of hydrogen-bond acceptors (Lipinski definition) is 7. The highest BCUT2D eigenvalue weighted by Gasteiger charge is 2.16. The third-order valence-corrected chi connectivity index (χ3v) is 4.50. The van der Waals surface area contributed by atoms with Gasteiger partial charge in [0.2, 0.25) is 0 Å². The van der Waals surface area contributed by atoms with E-state index in [1.54, 1.807) is 12.1 Å². The van der Waals surface area contributed by atoms with Gasteiger partial charge < -0.3 is 16.0 Å². The summed E-state index contributed by atoms with van der Waals surface area (Å²) in [7, 11) is 0. The third kappa shape index (κ3) is 8.06. The van der Waals surface area contributed by atoms with Crippen LogP contribution in [0.4, 0.5) is 11.4 Å². The van der Waals surface area contributed by atoms with E-state index in [4.69, 9.17) is 5.73 Å². The molecule has 8 nitrogen and oxygen atoms in total. The van der Waals surface area contributed by atoms with Gasteiger partial charge in [-0.2, -0.15) is 0 Å². The standard InChI is InChI=1S/C20H35N7O/c1-3-5-13-26(14-6-4-2)15-7-12-22-19-16-20(28)25-27(24-19)23-18-10-8-17(21)9-11-18/h8-11,16,22-24H,3-7,12-15,21H2,1-2H3,(H,25,28). The smallest absolute Gasteiger partial charge is 0.264 e. The molecule has 0 aliphatic carbocycles. The number of hydrazine groups is 3. The fraction of sp³-hybridized carbons (Fsp3) is 0.550. The van der Waals surface area contributed by atoms with Crippen LogP contribution in [-0.2, 0) is 4.79 Å². The van der Waals surface area contributed by atoms with Crippen molar-refractivity contribution in [1.29, 1.82) is 0 Å². The third-order valence-electron chi connectivity index (χ3n) is 4.50. The highest BCUT2D eigenvalue weighted by atomic mass is 16.2. The quantitative estimate of drug-likeness (QED) is 0.261. The molecule has 0 saturated carbocycles. The van der Waals surface area contributed by atoms with Crippen LogP contribution in [0.5, 0.6) is 0 Å². The largest absolute Gasteiger partial charge is 0.399 e. The number of rotatable bonds is 13. The average Bonchev–Trinajstić information content (AvgIpc) is 2.68. The van der Waals surface area contributed by atoms with Gasteiger partial charge >= 0.3 is 0 Å². The fourth-order valence-corrected chi connectivity index (χ4v) is 2.91. The van der Waals surface area contributed by atoms with Crippen molar-refractivity contribution in [3.8, 4) is 0 Å². The average molecular weight is 390 g/mol. The highest BCUT2D eigenvalue weighted by Crippen LogP contribution is 2.11. The van der Waals surface area contributed by atoms with Gasteiger partial charge in [0.25, 0.3) is 5.91 Å². The number of amides is 1. The number of carbonyl (C=O) groups excluding carboxylic acids is 1. The molecule has 1 aromatic carbocycles. The molecule has 1 amide bonds. The van der Waals surface area contributed by atoms with Crippen molar-refractivity contribution in [3.63, 3.8) is 0 Å². The molecule has 28 heavy (non-hydrogen) atoms. The zero-order chi connectivity index (χ0) is 20.2. The molecule has 0 unspecified atom stereocenters. The van der Waals surface area contributed by atoms with Crippen LogP contribution in [0.2, 0.25) is 0 Å². The van der Waals surface area contributed by atoms with Gasteiger partial charge in [-0.05, 0) is 68.4 Å². The van der Waals surface area contributed by atoms with Gasteiger partial charge in [-0.1, -0.05) is 26.7 Å². The Labute approximate surface area is 168 Å². The Hall–Kier alpha value is -2.45. The molecule has 0 radical (unpaired) electrons. The van der Waals surface area contributed by atoms with Gasteiger partial charge in [0.05, 0.1) is 5.69 Å². The summed E-state index contributed by atoms with van der Waals surface area (Å²) in [6, 6.07) is 7.28. The van der Waals surface area contributed by atoms with Crippen LogP contribution < -0.4 is 27.3 Å². The van der Waals surface area contributed by atoms with Crippen LogP contribution in [0.3, 0.4) is 0 Å². The van der Waals surface area contributed by atoms with Gasteiger partial charge in [0.1, 0.15) is 5.82 Å². The monoisotopic (exact) mass is 389 g/mol. The Morgan fingerprint density at radius 1 is 1.00 bits per heavy atom. The van der Waals surface area contributed by atoms with E-state index in [2.05, 4.69) is 40.3 Å². The van der Waals surface area contributed by atoms with Gasteiger partial charge in [-0.25, -0.2) is 5.43 Å². The van der Waals surface area contributed by atoms with E-state index in [1.165, 1.54) is 50.1 Å². The summed E-state index contributed by atoms with van der Waals surface area (Å²) in [4.78, 5) is 14.5. The van der Waals surface area contributed by atoms with Crippen LogP contribution in [-0.4, -0.2) is 42.2 Å². The molecule has 8 heteroatoms. The summed E-state index contributed by atoms with van der Waals surface area (Å²) in [5.41, 5.74) is 16.0. The van der Waals surface area contributed by atoms with E-state index < -0.39 is 0 Å². The second-order valence-electron chi connectivity index (χ2n) is 7.04. The first-order valence-electron chi connectivity index (χ1n) is 10.3. The van der Waals surface area contributed by atoms with Crippen molar-refractivity contribution in [2.75, 3.05) is 37.3 Å². The summed E-state index contributed by atoms with van der Waals surface area (Å²) in [6.07, 6.45) is 7.49. The number of benzene rings is 1. The lowest BCUT2D eigenvalue weighted by atomic mass is 10.2. The molecule has 0 fully saturated rings. The van der Waals surface area contributed by atoms with Crippen LogP contribution in [0.1, 0.15) is 46.0 Å². The predicted octanol–water partition coefficient (Wildman–Crippen LogP) is 2.17. The summed E-state index contributed by atoms with van der Waals surface area (Å²) in [6.45, 7) is 8.67. The Bertz CT molecular complexity index is 609. The number of nitrogens with one attached hydrogen (secondary N) is 4. The summed E-state index contributed by atoms with van der Waals surface area (Å²) in [5, 5.41) is 4.74. The summed E-state index contributed by atoms with van der Waals surface area (Å²) < 4.78 is 0. The summed E-state index contributed by atoms with van der Waals surface area (Å²) in [5.74, 6) is 0.470. The van der Waals surface area contributed by atoms with Crippen LogP contribution in [0.15, 0.2) is 36.2 Å². The van der Waals surface area contributed by atoms with Gasteiger partial charge in [0.15, 0.2) is 0 Å². The minimum Gasteiger partial charge on any atom is -0.399 e. The molecule has 1 aliphatic heterocycles. The Morgan fingerprint density at radius 2 is 1.64 bits per heavy atom. The summed E-state index contributed by atoms with van der Waals surface area (Å²) >= 11 is 0. The molecule has 1 aliphatic rings. The molecule has 0 saturated heterocycles. The van der Waals surface area contributed by atoms with Gasteiger partial charge in [-0.3, -0.25) is 15.6 Å². The van der Waals surface area contributed by atoms with Crippen LogP contribution in [0, 0.1) is 0 Å². The van der Waals surface area contributed by atoms with Crippen molar-refractivity contribution in [1.82, 2.24) is 26.3 Å². The highest BCUT2D eigenvalue weighted by molar-refractivity contribution is 5.88. The molecule has 1 heterocycles. The van der Waals surface area contributed by atoms with Crippen molar-refractivity contribution < 1.29 is 4.79 Å². The predicted molar refractivity (Wildman–Crippen MR) is 115 cm³/mol. The van der Waals surface area contributed by atoms with Crippen LogP contribution >= 0.6 is 0 Å². The number of nitrogens with zero attached hydrogens (tertiary/aromatic N) is 2. The van der Waals surface area contributed by atoms with Crippen molar-refractivity contribution in [2.24, 2.45) is 0 Å². The van der Waals surface area contributed by atoms with Crippen molar-refractivity contribution in [2.45, 2.75) is 46.0 Å². The Morgan fingerprint density at radius 3 is 2.29 bits per heavy atom. The van der Waals surface area contributed by atoms with E-state index in [0.29, 0.717) is 11.5 Å². The molecule has 0 aromatic heterocycles. The molecule has 0 bridgehead atoms. The first kappa shape index (κ1) is 21.8. The number of anilines is 2. The lowest BCUT2D eigenvalue weighted by Crippen LogP contribution is -2.58. The minimum absolute atomic E-state index is 0.197. The van der Waals surface area contributed by atoms with E-state index in [1.807, 2.05) is 12.1 Å². The van der Waals surface area contributed by atoms with Crippen molar-refractivity contribution >= 4 is 17.3 Å². The maximum absolute atomic E-state index is 11.9. The van der Waals surface area contributed by atoms with E-state index in [9.17, 15) is 4.79 Å². The fourth-order valence-electron chi connectivity index (χ4n) is 2.91. The topological polar surface area (TPSA) is 97.7 Å². The molecule has 156 valence electrons. The number of nitrogens with two attached hydrogens (primary N) is 1. The second-order valence-corrected chi connectivity index (χ2v) is 7.04. The second kappa shape index (κ2) is 12.1. The molecule has 0 spiro atoms. The zero-order valence-corrected chi connectivity index (χ0v) is 17.1. The van der Waals surface area contributed by atoms with E-state index in [-0.39, 0.29) is 5.91 Å². The Kier molecular flexibility index (Phi) is 9.44. The normalized spacial score (nSPS) is 14.4. The van der Waals surface area contributed by atoms with Gasteiger partial charge in [0, 0.05) is 18.3 Å². The molecular formula is C20H35N7O. The van der Waals surface area contributed by atoms with Gasteiger partial charge in [-0.15, -0.1) is 0 Å². The Balaban J connectivity index is 1.74. The minimum atomic E-state index is -0.197. The lowest BCUT2D eigenvalue weighted by molar-refractivity contribution is -0.122. The molecular weight excluding hydrogens is 354 g/mol. The lowest BCUT2D eigenvalue weighted by Gasteiger charge is -2.30. The number of unbranched alkanes of at least 4 members (excludes halogenated alkanes) is 2. The molecule has 1 aromatic rings. The first-order chi connectivity index (χ1) is 13.6. The molecule has 6 N–H and O–H groups in total. The van der Waals surface area contributed by atoms with E-state index in [0.717, 1.165) is 25.2 Å². The number of hydrogen-bond donors (Lipinski definition) is 5. The van der Waals surface area contributed by atoms with Crippen LogP contribution in [0.25, 0.3) is 0 Å². The number of carbonyl (C=O) groups is 1. The molecule has 0 atom stereocenters.